The van der Waals surface area contributed by atoms with Crippen molar-refractivity contribution in [3.63, 3.8) is 0 Å². The molecule has 0 bridgehead atoms. The lowest BCUT2D eigenvalue weighted by molar-refractivity contribution is -0.384. The second-order valence-corrected chi connectivity index (χ2v) is 5.30. The number of amidine groups is 1. The molecule has 6 nitrogen and oxygen atoms in total. The van der Waals surface area contributed by atoms with Gasteiger partial charge in [0.05, 0.1) is 11.5 Å². The number of non-ortho nitro benzene ring substituents is 1. The molecular weight excluding hydrogens is 294 g/mol. The maximum atomic E-state index is 11.0. The van der Waals surface area contributed by atoms with Gasteiger partial charge in [-0.05, 0) is 11.6 Å². The average Bonchev–Trinajstić information content (AvgIpc) is 3.23. The van der Waals surface area contributed by atoms with E-state index in [9.17, 15) is 10.1 Å². The molecule has 0 aliphatic carbocycles. The van der Waals surface area contributed by atoms with E-state index in [0.29, 0.717) is 11.3 Å². The number of para-hydroxylation sites is 1. The Balaban J connectivity index is 1.87. The molecule has 1 aromatic heterocycles. The van der Waals surface area contributed by atoms with E-state index in [2.05, 4.69) is 10.3 Å². The van der Waals surface area contributed by atoms with Crippen molar-refractivity contribution >= 4 is 22.5 Å². The van der Waals surface area contributed by atoms with Crippen molar-refractivity contribution in [3.8, 4) is 11.1 Å². The Bertz CT molecular complexity index is 943. The Morgan fingerprint density at radius 1 is 1.17 bits per heavy atom. The fourth-order valence-electron chi connectivity index (χ4n) is 2.76. The molecule has 4 rings (SSSR count). The monoisotopic (exact) mass is 307 g/mol. The van der Waals surface area contributed by atoms with Crippen LogP contribution >= 0.6 is 0 Å². The molecule has 1 aliphatic rings. The first kappa shape index (κ1) is 13.5. The Kier molecular flexibility index (Phi) is 3.08. The summed E-state index contributed by atoms with van der Waals surface area (Å²) in [6, 6.07) is 14.3. The lowest BCUT2D eigenvalue weighted by atomic mass is 10.0. The quantitative estimate of drug-likeness (QED) is 0.594. The van der Waals surface area contributed by atoms with Gasteiger partial charge in [0.2, 0.25) is 0 Å². The third-order valence-corrected chi connectivity index (χ3v) is 3.82. The maximum absolute atomic E-state index is 11.0. The molecule has 0 amide bonds. The van der Waals surface area contributed by atoms with Gasteiger partial charge in [0, 0.05) is 29.6 Å². The molecule has 0 fully saturated rings. The predicted molar refractivity (Wildman–Crippen MR) is 87.7 cm³/mol. The first-order chi connectivity index (χ1) is 11.2. The van der Waals surface area contributed by atoms with Crippen LogP contribution in [0.2, 0.25) is 0 Å². The number of nitro benzene ring substituents is 1. The van der Waals surface area contributed by atoms with Crippen LogP contribution in [0, 0.1) is 10.1 Å². The molecule has 3 aromatic rings. The summed E-state index contributed by atoms with van der Waals surface area (Å²) >= 11 is 0. The molecule has 1 N–H and O–H groups in total. The Hall–Kier alpha value is -3.15. The summed E-state index contributed by atoms with van der Waals surface area (Å²) in [5.74, 6) is 1.45. The molecule has 0 atom stereocenters. The van der Waals surface area contributed by atoms with Crippen LogP contribution in [-0.4, -0.2) is 23.8 Å². The van der Waals surface area contributed by atoms with Crippen molar-refractivity contribution in [1.29, 1.82) is 0 Å². The second-order valence-electron chi connectivity index (χ2n) is 5.30. The van der Waals surface area contributed by atoms with E-state index in [-0.39, 0.29) is 5.69 Å². The number of furan rings is 1. The van der Waals surface area contributed by atoms with Crippen molar-refractivity contribution in [2.24, 2.45) is 4.99 Å². The van der Waals surface area contributed by atoms with E-state index in [1.165, 1.54) is 6.07 Å². The van der Waals surface area contributed by atoms with Crippen LogP contribution in [0.3, 0.4) is 0 Å². The molecule has 0 unspecified atom stereocenters. The van der Waals surface area contributed by atoms with Gasteiger partial charge in [-0.2, -0.15) is 0 Å². The number of nitrogens with zero attached hydrogens (tertiary/aromatic N) is 2. The summed E-state index contributed by atoms with van der Waals surface area (Å²) in [5, 5.41) is 15.1. The number of hydrogen-bond donors (Lipinski definition) is 1. The Labute approximate surface area is 131 Å². The standard InChI is InChI=1S/C17H13N3O3/c21-20(22)13-5-1-3-11(9-13)14-6-2-4-12-10-15(23-16(12)14)17-18-7-8-19-17/h1-6,9-10H,7-8H2,(H,18,19). The van der Waals surface area contributed by atoms with Gasteiger partial charge in [-0.3, -0.25) is 15.1 Å². The minimum atomic E-state index is -0.394. The molecule has 0 saturated carbocycles. The van der Waals surface area contributed by atoms with Crippen molar-refractivity contribution in [2.45, 2.75) is 0 Å². The minimum Gasteiger partial charge on any atom is -0.452 e. The Morgan fingerprint density at radius 2 is 2.04 bits per heavy atom. The summed E-state index contributed by atoms with van der Waals surface area (Å²) in [6.45, 7) is 1.55. The second kappa shape index (κ2) is 5.24. The first-order valence-electron chi connectivity index (χ1n) is 7.28. The zero-order chi connectivity index (χ0) is 15.8. The van der Waals surface area contributed by atoms with Crippen molar-refractivity contribution in [3.05, 3.63) is 64.4 Å². The number of aliphatic imine (C=N–C) groups is 1. The van der Waals surface area contributed by atoms with Gasteiger partial charge in [0.25, 0.3) is 5.69 Å². The van der Waals surface area contributed by atoms with E-state index in [1.807, 2.05) is 30.3 Å². The average molecular weight is 307 g/mol. The maximum Gasteiger partial charge on any atom is 0.270 e. The zero-order valence-corrected chi connectivity index (χ0v) is 12.2. The highest BCUT2D eigenvalue weighted by atomic mass is 16.6. The lowest BCUT2D eigenvalue weighted by Gasteiger charge is -2.02. The van der Waals surface area contributed by atoms with Crippen LogP contribution in [0.5, 0.6) is 0 Å². The van der Waals surface area contributed by atoms with E-state index in [1.54, 1.807) is 12.1 Å². The summed E-state index contributed by atoms with van der Waals surface area (Å²) < 4.78 is 5.97. The minimum absolute atomic E-state index is 0.0631. The number of nitrogens with one attached hydrogen (secondary N) is 1. The van der Waals surface area contributed by atoms with Crippen molar-refractivity contribution in [1.82, 2.24) is 5.32 Å². The topological polar surface area (TPSA) is 80.7 Å². The fourth-order valence-corrected chi connectivity index (χ4v) is 2.76. The third-order valence-electron chi connectivity index (χ3n) is 3.82. The highest BCUT2D eigenvalue weighted by Gasteiger charge is 2.16. The van der Waals surface area contributed by atoms with Crippen LogP contribution in [-0.2, 0) is 0 Å². The summed E-state index contributed by atoms with van der Waals surface area (Å²) in [6.07, 6.45) is 0. The van der Waals surface area contributed by atoms with E-state index in [0.717, 1.165) is 35.4 Å². The number of hydrogen-bond acceptors (Lipinski definition) is 5. The molecule has 114 valence electrons. The zero-order valence-electron chi connectivity index (χ0n) is 12.2. The van der Waals surface area contributed by atoms with E-state index < -0.39 is 4.92 Å². The Morgan fingerprint density at radius 3 is 2.83 bits per heavy atom. The predicted octanol–water partition coefficient (Wildman–Crippen LogP) is 3.36. The van der Waals surface area contributed by atoms with Crippen LogP contribution in [0.4, 0.5) is 5.69 Å². The van der Waals surface area contributed by atoms with E-state index in [4.69, 9.17) is 4.42 Å². The van der Waals surface area contributed by atoms with Gasteiger partial charge < -0.3 is 9.73 Å². The molecule has 6 heteroatoms. The van der Waals surface area contributed by atoms with Crippen molar-refractivity contribution < 1.29 is 9.34 Å². The fraction of sp³-hybridized carbons (Fsp3) is 0.118. The highest BCUT2D eigenvalue weighted by molar-refractivity contribution is 6.03. The molecular formula is C17H13N3O3. The molecule has 2 aromatic carbocycles. The van der Waals surface area contributed by atoms with Crippen LogP contribution in [0.1, 0.15) is 5.76 Å². The summed E-state index contributed by atoms with van der Waals surface area (Å²) in [7, 11) is 0. The smallest absolute Gasteiger partial charge is 0.270 e. The molecule has 0 radical (unpaired) electrons. The number of fused-ring (bicyclic) bond motifs is 1. The number of benzene rings is 2. The van der Waals surface area contributed by atoms with E-state index >= 15 is 0 Å². The van der Waals surface area contributed by atoms with Crippen LogP contribution in [0.25, 0.3) is 22.1 Å². The summed E-state index contributed by atoms with van der Waals surface area (Å²) in [4.78, 5) is 15.0. The van der Waals surface area contributed by atoms with Gasteiger partial charge in [-0.15, -0.1) is 0 Å². The van der Waals surface area contributed by atoms with Gasteiger partial charge in [-0.1, -0.05) is 30.3 Å². The normalized spacial score (nSPS) is 13.8. The van der Waals surface area contributed by atoms with Gasteiger partial charge >= 0.3 is 0 Å². The molecule has 2 heterocycles. The van der Waals surface area contributed by atoms with Gasteiger partial charge in [0.1, 0.15) is 5.58 Å². The SMILES string of the molecule is O=[N+]([O-])c1cccc(-c2cccc3cc(C4=NCCN4)oc23)c1. The number of nitro groups is 1. The molecule has 1 aliphatic heterocycles. The van der Waals surface area contributed by atoms with Gasteiger partial charge in [0.15, 0.2) is 11.6 Å². The third kappa shape index (κ3) is 2.34. The summed E-state index contributed by atoms with van der Waals surface area (Å²) in [5.41, 5.74) is 2.36. The first-order valence-corrected chi connectivity index (χ1v) is 7.28. The van der Waals surface area contributed by atoms with Crippen LogP contribution in [0.15, 0.2) is 57.9 Å². The largest absolute Gasteiger partial charge is 0.452 e. The number of rotatable bonds is 3. The molecule has 23 heavy (non-hydrogen) atoms. The van der Waals surface area contributed by atoms with Crippen LogP contribution < -0.4 is 5.32 Å². The van der Waals surface area contributed by atoms with Gasteiger partial charge in [-0.25, -0.2) is 0 Å². The highest BCUT2D eigenvalue weighted by Crippen LogP contribution is 2.32. The molecule has 0 spiro atoms. The molecule has 0 saturated heterocycles. The lowest BCUT2D eigenvalue weighted by Crippen LogP contribution is -2.18. The van der Waals surface area contributed by atoms with Crippen molar-refractivity contribution in [2.75, 3.05) is 13.1 Å².